The molecule has 0 radical (unpaired) electrons. The maximum atomic E-state index is 12.5. The summed E-state index contributed by atoms with van der Waals surface area (Å²) in [6.07, 6.45) is -0.758. The van der Waals surface area contributed by atoms with Gasteiger partial charge in [0.1, 0.15) is 12.1 Å². The molecule has 0 saturated carbocycles. The van der Waals surface area contributed by atoms with E-state index in [1.807, 2.05) is 60.7 Å². The molecule has 1 saturated heterocycles. The molecule has 1 aliphatic heterocycles. The number of anilines is 2. The lowest BCUT2D eigenvalue weighted by Crippen LogP contribution is -2.45. The number of carbonyl (C=O) groups is 1. The van der Waals surface area contributed by atoms with Gasteiger partial charge in [-0.2, -0.15) is 0 Å². The topological polar surface area (TPSA) is 91.2 Å². The molecule has 0 aromatic heterocycles. The van der Waals surface area contributed by atoms with Crippen LogP contribution in [0.25, 0.3) is 0 Å². The van der Waals surface area contributed by atoms with Crippen molar-refractivity contribution in [3.8, 4) is 0 Å². The third-order valence-corrected chi connectivity index (χ3v) is 3.59. The Morgan fingerprint density at radius 1 is 0.909 bits per heavy atom. The number of amides is 1. The summed E-state index contributed by atoms with van der Waals surface area (Å²) in [7, 11) is 0. The summed E-state index contributed by atoms with van der Waals surface area (Å²) in [5.41, 5.74) is 13.6. The molecule has 1 amide bonds. The fourth-order valence-electron chi connectivity index (χ4n) is 2.47. The van der Waals surface area contributed by atoms with Gasteiger partial charge in [-0.25, -0.2) is 10.9 Å². The van der Waals surface area contributed by atoms with Crippen molar-refractivity contribution >= 4 is 17.3 Å². The first kappa shape index (κ1) is 14.5. The molecular formula is C16H19N5O. The molecule has 3 rings (SSSR count). The Labute approximate surface area is 129 Å². The largest absolute Gasteiger partial charge is 0.368 e. The van der Waals surface area contributed by atoms with Crippen LogP contribution in [0.5, 0.6) is 0 Å². The van der Waals surface area contributed by atoms with Gasteiger partial charge in [0, 0.05) is 11.4 Å². The standard InChI is InChI=1S/C16H19N5O/c17-14-13(16(22)19-12-9-5-2-6-10-12)15(21-20-14)18-11-7-3-1-4-8-11/h1-10,13-15,18,20-21H,17H2,(H,19,22). The molecule has 0 aliphatic carbocycles. The van der Waals surface area contributed by atoms with E-state index in [-0.39, 0.29) is 12.1 Å². The second-order valence-electron chi connectivity index (χ2n) is 5.18. The summed E-state index contributed by atoms with van der Waals surface area (Å²) < 4.78 is 0. The molecule has 3 atom stereocenters. The van der Waals surface area contributed by atoms with E-state index in [0.717, 1.165) is 11.4 Å². The molecule has 1 fully saturated rings. The second kappa shape index (κ2) is 6.57. The highest BCUT2D eigenvalue weighted by atomic mass is 16.2. The van der Waals surface area contributed by atoms with E-state index < -0.39 is 12.1 Å². The van der Waals surface area contributed by atoms with Crippen LogP contribution in [0.1, 0.15) is 0 Å². The monoisotopic (exact) mass is 297 g/mol. The number of para-hydroxylation sites is 2. The average Bonchev–Trinajstić information content (AvgIpc) is 2.90. The van der Waals surface area contributed by atoms with Gasteiger partial charge in [-0.3, -0.25) is 4.79 Å². The molecule has 0 spiro atoms. The molecule has 2 aromatic carbocycles. The molecule has 2 aromatic rings. The average molecular weight is 297 g/mol. The van der Waals surface area contributed by atoms with Gasteiger partial charge >= 0.3 is 0 Å². The zero-order valence-corrected chi connectivity index (χ0v) is 12.0. The summed E-state index contributed by atoms with van der Waals surface area (Å²) in [5.74, 6) is -0.579. The second-order valence-corrected chi connectivity index (χ2v) is 5.18. The fraction of sp³-hybridized carbons (Fsp3) is 0.188. The molecular weight excluding hydrogens is 278 g/mol. The van der Waals surface area contributed by atoms with Crippen molar-refractivity contribution in [2.45, 2.75) is 12.3 Å². The quantitative estimate of drug-likeness (QED) is 0.582. The van der Waals surface area contributed by atoms with E-state index in [2.05, 4.69) is 21.5 Å². The van der Waals surface area contributed by atoms with Crippen molar-refractivity contribution in [1.29, 1.82) is 0 Å². The van der Waals surface area contributed by atoms with E-state index in [1.54, 1.807) is 0 Å². The first-order chi connectivity index (χ1) is 10.7. The lowest BCUT2D eigenvalue weighted by Gasteiger charge is -2.22. The highest BCUT2D eigenvalue weighted by molar-refractivity contribution is 5.93. The van der Waals surface area contributed by atoms with E-state index in [1.165, 1.54) is 0 Å². The van der Waals surface area contributed by atoms with Gasteiger partial charge < -0.3 is 16.4 Å². The minimum absolute atomic E-state index is 0.135. The van der Waals surface area contributed by atoms with Gasteiger partial charge in [0.2, 0.25) is 5.91 Å². The number of nitrogens with two attached hydrogens (primary N) is 1. The molecule has 6 nitrogen and oxygen atoms in total. The van der Waals surface area contributed by atoms with E-state index in [4.69, 9.17) is 5.73 Å². The minimum Gasteiger partial charge on any atom is -0.368 e. The third kappa shape index (κ3) is 3.25. The zero-order valence-electron chi connectivity index (χ0n) is 12.0. The first-order valence-corrected chi connectivity index (χ1v) is 7.18. The SMILES string of the molecule is NC1NNC(Nc2ccccc2)C1C(=O)Nc1ccccc1. The highest BCUT2D eigenvalue weighted by Gasteiger charge is 2.39. The number of nitrogens with one attached hydrogen (secondary N) is 4. The van der Waals surface area contributed by atoms with Crippen LogP contribution in [0.15, 0.2) is 60.7 Å². The Bertz CT molecular complexity index is 619. The number of hydrazine groups is 1. The molecule has 3 unspecified atom stereocenters. The number of hydrogen-bond donors (Lipinski definition) is 5. The molecule has 1 heterocycles. The maximum absolute atomic E-state index is 12.5. The summed E-state index contributed by atoms with van der Waals surface area (Å²) in [6, 6.07) is 19.0. The highest BCUT2D eigenvalue weighted by Crippen LogP contribution is 2.18. The number of hydrogen-bond acceptors (Lipinski definition) is 5. The van der Waals surface area contributed by atoms with Crippen molar-refractivity contribution in [2.75, 3.05) is 10.6 Å². The Morgan fingerprint density at radius 2 is 1.50 bits per heavy atom. The van der Waals surface area contributed by atoms with Crippen molar-refractivity contribution in [2.24, 2.45) is 11.7 Å². The maximum Gasteiger partial charge on any atom is 0.233 e. The van der Waals surface area contributed by atoms with Crippen LogP contribution in [-0.2, 0) is 4.79 Å². The van der Waals surface area contributed by atoms with Gasteiger partial charge in [0.05, 0.1) is 6.17 Å². The van der Waals surface area contributed by atoms with Crippen LogP contribution in [0.2, 0.25) is 0 Å². The third-order valence-electron chi connectivity index (χ3n) is 3.59. The molecule has 114 valence electrons. The molecule has 1 aliphatic rings. The molecule has 6 heteroatoms. The lowest BCUT2D eigenvalue weighted by molar-refractivity contribution is -0.120. The van der Waals surface area contributed by atoms with E-state index >= 15 is 0 Å². The van der Waals surface area contributed by atoms with Gasteiger partial charge in [-0.1, -0.05) is 36.4 Å². The van der Waals surface area contributed by atoms with Crippen LogP contribution in [0.4, 0.5) is 11.4 Å². The number of carbonyl (C=O) groups excluding carboxylic acids is 1. The van der Waals surface area contributed by atoms with Crippen LogP contribution >= 0.6 is 0 Å². The first-order valence-electron chi connectivity index (χ1n) is 7.18. The number of benzene rings is 2. The van der Waals surface area contributed by atoms with Crippen molar-refractivity contribution in [3.63, 3.8) is 0 Å². The summed E-state index contributed by atoms with van der Waals surface area (Å²) >= 11 is 0. The summed E-state index contributed by atoms with van der Waals surface area (Å²) in [5, 5.41) is 6.16. The summed E-state index contributed by atoms with van der Waals surface area (Å²) in [6.45, 7) is 0. The van der Waals surface area contributed by atoms with Gasteiger partial charge in [-0.15, -0.1) is 0 Å². The Kier molecular flexibility index (Phi) is 4.34. The van der Waals surface area contributed by atoms with E-state index in [0.29, 0.717) is 0 Å². The Balaban J connectivity index is 1.70. The van der Waals surface area contributed by atoms with Gasteiger partial charge in [-0.05, 0) is 24.3 Å². The molecule has 6 N–H and O–H groups in total. The van der Waals surface area contributed by atoms with Gasteiger partial charge in [0.25, 0.3) is 0 Å². The van der Waals surface area contributed by atoms with Crippen molar-refractivity contribution < 1.29 is 4.79 Å². The fourth-order valence-corrected chi connectivity index (χ4v) is 2.47. The summed E-state index contributed by atoms with van der Waals surface area (Å²) in [4.78, 5) is 12.5. The zero-order chi connectivity index (χ0) is 15.4. The van der Waals surface area contributed by atoms with Crippen LogP contribution < -0.4 is 27.2 Å². The predicted octanol–water partition coefficient (Wildman–Crippen LogP) is 1.07. The normalized spacial score (nSPS) is 24.0. The van der Waals surface area contributed by atoms with Crippen LogP contribution in [-0.4, -0.2) is 18.2 Å². The van der Waals surface area contributed by atoms with Crippen molar-refractivity contribution in [3.05, 3.63) is 60.7 Å². The Morgan fingerprint density at radius 3 is 2.14 bits per heavy atom. The predicted molar refractivity (Wildman–Crippen MR) is 86.7 cm³/mol. The van der Waals surface area contributed by atoms with E-state index in [9.17, 15) is 4.79 Å². The number of rotatable bonds is 4. The Hall–Kier alpha value is -2.41. The minimum atomic E-state index is -0.468. The molecule has 0 bridgehead atoms. The smallest absolute Gasteiger partial charge is 0.233 e. The molecule has 22 heavy (non-hydrogen) atoms. The van der Waals surface area contributed by atoms with Crippen LogP contribution in [0.3, 0.4) is 0 Å². The van der Waals surface area contributed by atoms with Crippen molar-refractivity contribution in [1.82, 2.24) is 10.9 Å². The lowest BCUT2D eigenvalue weighted by atomic mass is 10.0. The van der Waals surface area contributed by atoms with Gasteiger partial charge in [0.15, 0.2) is 0 Å². The van der Waals surface area contributed by atoms with Crippen LogP contribution in [0, 0.1) is 5.92 Å².